The van der Waals surface area contributed by atoms with Crippen molar-refractivity contribution in [3.8, 4) is 5.75 Å². The molecule has 0 saturated carbocycles. The summed E-state index contributed by atoms with van der Waals surface area (Å²) in [6, 6.07) is 7.65. The Morgan fingerprint density at radius 1 is 1.17 bits per heavy atom. The van der Waals surface area contributed by atoms with Crippen molar-refractivity contribution < 1.29 is 23.8 Å². The fraction of sp³-hybridized carbons (Fsp3) is 0.333. The normalized spacial score (nSPS) is 10.7. The number of carbonyl (C=O) groups excluding carboxylic acids is 2. The summed E-state index contributed by atoms with van der Waals surface area (Å²) in [4.78, 5) is 34.2. The Bertz CT molecular complexity index is 1080. The summed E-state index contributed by atoms with van der Waals surface area (Å²) in [7, 11) is 2.93. The van der Waals surface area contributed by atoms with Crippen molar-refractivity contribution in [2.24, 2.45) is 0 Å². The number of aryl methyl sites for hydroxylation is 1. The van der Waals surface area contributed by atoms with Crippen molar-refractivity contribution in [1.29, 1.82) is 0 Å². The molecule has 0 aliphatic heterocycles. The zero-order valence-electron chi connectivity index (χ0n) is 17.3. The molecule has 158 valence electrons. The minimum Gasteiger partial charge on any atom is -0.496 e. The Balaban J connectivity index is 2.04. The molecular weight excluding hydrogens is 406 g/mol. The monoisotopic (exact) mass is 429 g/mol. The first-order chi connectivity index (χ1) is 14.5. The van der Waals surface area contributed by atoms with Crippen LogP contribution >= 0.6 is 11.3 Å². The van der Waals surface area contributed by atoms with E-state index in [4.69, 9.17) is 14.2 Å². The molecular formula is C21H23N3O5S. The van der Waals surface area contributed by atoms with Gasteiger partial charge in [0, 0.05) is 12.1 Å². The van der Waals surface area contributed by atoms with Crippen LogP contribution in [0.4, 0.5) is 5.82 Å². The summed E-state index contributed by atoms with van der Waals surface area (Å²) in [6.45, 7) is 4.32. The molecule has 1 aromatic carbocycles. The van der Waals surface area contributed by atoms with Crippen LogP contribution in [0.25, 0.3) is 10.2 Å². The quantitative estimate of drug-likeness (QED) is 0.543. The SMILES string of the molecule is CCOC(=O)c1sc2nc(CC(=O)OC)nc(NCc3ccccc3OC)c2c1C. The van der Waals surface area contributed by atoms with E-state index < -0.39 is 11.9 Å². The molecule has 0 atom stereocenters. The number of esters is 2. The molecule has 30 heavy (non-hydrogen) atoms. The van der Waals surface area contributed by atoms with E-state index in [0.717, 1.165) is 22.3 Å². The fourth-order valence-corrected chi connectivity index (χ4v) is 4.10. The van der Waals surface area contributed by atoms with Gasteiger partial charge in [0.1, 0.15) is 33.5 Å². The Morgan fingerprint density at radius 3 is 2.63 bits per heavy atom. The summed E-state index contributed by atoms with van der Waals surface area (Å²) in [6.07, 6.45) is -0.0680. The van der Waals surface area contributed by atoms with Crippen LogP contribution < -0.4 is 10.1 Å². The molecule has 0 aliphatic rings. The van der Waals surface area contributed by atoms with E-state index in [2.05, 4.69) is 15.3 Å². The average Bonchev–Trinajstić information content (AvgIpc) is 3.08. The van der Waals surface area contributed by atoms with Gasteiger partial charge >= 0.3 is 11.9 Å². The summed E-state index contributed by atoms with van der Waals surface area (Å²) >= 11 is 1.22. The van der Waals surface area contributed by atoms with Gasteiger partial charge in [-0.3, -0.25) is 4.79 Å². The Morgan fingerprint density at radius 2 is 1.93 bits per heavy atom. The number of nitrogens with zero attached hydrogens (tertiary/aromatic N) is 2. The molecule has 0 fully saturated rings. The molecule has 0 spiro atoms. The second-order valence-corrected chi connectivity index (χ2v) is 7.36. The first-order valence-electron chi connectivity index (χ1n) is 9.38. The number of fused-ring (bicyclic) bond motifs is 1. The highest BCUT2D eigenvalue weighted by Crippen LogP contribution is 2.35. The topological polar surface area (TPSA) is 99.6 Å². The number of nitrogens with one attached hydrogen (secondary N) is 1. The zero-order valence-corrected chi connectivity index (χ0v) is 18.1. The number of methoxy groups -OCH3 is 2. The maximum absolute atomic E-state index is 12.3. The predicted octanol–water partition coefficient (Wildman–Crippen LogP) is 3.51. The highest BCUT2D eigenvalue weighted by molar-refractivity contribution is 7.20. The van der Waals surface area contributed by atoms with Gasteiger partial charge in [-0.2, -0.15) is 0 Å². The molecule has 9 heteroatoms. The van der Waals surface area contributed by atoms with E-state index in [1.54, 1.807) is 14.0 Å². The third-order valence-electron chi connectivity index (χ3n) is 4.47. The highest BCUT2D eigenvalue weighted by atomic mass is 32.1. The molecule has 2 aromatic heterocycles. The third-order valence-corrected chi connectivity index (χ3v) is 5.63. The lowest BCUT2D eigenvalue weighted by molar-refractivity contribution is -0.139. The molecule has 0 unspecified atom stereocenters. The van der Waals surface area contributed by atoms with E-state index >= 15 is 0 Å². The van der Waals surface area contributed by atoms with Gasteiger partial charge in [-0.05, 0) is 25.5 Å². The van der Waals surface area contributed by atoms with Crippen LogP contribution in [0.3, 0.4) is 0 Å². The van der Waals surface area contributed by atoms with Crippen LogP contribution in [0.1, 0.15) is 33.5 Å². The van der Waals surface area contributed by atoms with E-state index in [0.29, 0.717) is 27.9 Å². The van der Waals surface area contributed by atoms with E-state index in [1.807, 2.05) is 31.2 Å². The van der Waals surface area contributed by atoms with Gasteiger partial charge in [-0.15, -0.1) is 11.3 Å². The molecule has 3 rings (SSSR count). The van der Waals surface area contributed by atoms with Crippen molar-refractivity contribution in [3.63, 3.8) is 0 Å². The largest absolute Gasteiger partial charge is 0.496 e. The number of thiophene rings is 1. The van der Waals surface area contributed by atoms with Crippen LogP contribution in [0.15, 0.2) is 24.3 Å². The van der Waals surface area contributed by atoms with Crippen molar-refractivity contribution in [1.82, 2.24) is 9.97 Å². The van der Waals surface area contributed by atoms with Crippen LogP contribution in [-0.2, 0) is 27.2 Å². The van der Waals surface area contributed by atoms with E-state index in [-0.39, 0.29) is 13.0 Å². The molecule has 0 amide bonds. The first-order valence-corrected chi connectivity index (χ1v) is 10.2. The van der Waals surface area contributed by atoms with Gasteiger partial charge < -0.3 is 19.5 Å². The van der Waals surface area contributed by atoms with Crippen LogP contribution in [0.2, 0.25) is 0 Å². The van der Waals surface area contributed by atoms with Crippen LogP contribution in [0, 0.1) is 6.92 Å². The van der Waals surface area contributed by atoms with E-state index in [1.165, 1.54) is 18.4 Å². The zero-order chi connectivity index (χ0) is 21.7. The Kier molecular flexibility index (Phi) is 6.83. The highest BCUT2D eigenvalue weighted by Gasteiger charge is 2.22. The van der Waals surface area contributed by atoms with Gasteiger partial charge in [-0.1, -0.05) is 18.2 Å². The lowest BCUT2D eigenvalue weighted by Gasteiger charge is -2.12. The number of carbonyl (C=O) groups is 2. The molecule has 1 N–H and O–H groups in total. The summed E-state index contributed by atoms with van der Waals surface area (Å²) in [5.74, 6) is 0.758. The van der Waals surface area contributed by atoms with Crippen LogP contribution in [0.5, 0.6) is 5.75 Å². The second-order valence-electron chi connectivity index (χ2n) is 6.36. The van der Waals surface area contributed by atoms with Gasteiger partial charge in [-0.25, -0.2) is 14.8 Å². The number of hydrogen-bond acceptors (Lipinski definition) is 9. The number of hydrogen-bond donors (Lipinski definition) is 1. The van der Waals surface area contributed by atoms with Gasteiger partial charge in [0.05, 0.1) is 26.2 Å². The molecule has 2 heterocycles. The lowest BCUT2D eigenvalue weighted by Crippen LogP contribution is -2.11. The minimum atomic E-state index is -0.441. The second kappa shape index (κ2) is 9.53. The maximum atomic E-state index is 12.3. The Hall–Kier alpha value is -3.20. The number of benzene rings is 1. The number of para-hydroxylation sites is 1. The van der Waals surface area contributed by atoms with E-state index in [9.17, 15) is 9.59 Å². The molecule has 0 bridgehead atoms. The summed E-state index contributed by atoms with van der Waals surface area (Å²) in [5, 5.41) is 4.04. The fourth-order valence-electron chi connectivity index (χ4n) is 3.01. The van der Waals surface area contributed by atoms with Gasteiger partial charge in [0.15, 0.2) is 0 Å². The van der Waals surface area contributed by atoms with Crippen molar-refractivity contribution >= 4 is 39.3 Å². The standard InChI is InChI=1S/C21H23N3O5S/c1-5-29-21(26)18-12(2)17-19(22-11-13-8-6-7-9-14(13)27-3)23-15(10-16(25)28-4)24-20(17)30-18/h6-9H,5,10-11H2,1-4H3,(H,22,23,24). The lowest BCUT2D eigenvalue weighted by atomic mass is 10.1. The predicted molar refractivity (Wildman–Crippen MR) is 114 cm³/mol. The number of anilines is 1. The molecule has 0 saturated heterocycles. The minimum absolute atomic E-state index is 0.0680. The average molecular weight is 429 g/mol. The van der Waals surface area contributed by atoms with Crippen molar-refractivity contribution in [2.45, 2.75) is 26.8 Å². The number of rotatable bonds is 8. The molecule has 3 aromatic rings. The maximum Gasteiger partial charge on any atom is 0.348 e. The van der Waals surface area contributed by atoms with Crippen molar-refractivity contribution in [3.05, 3.63) is 46.1 Å². The van der Waals surface area contributed by atoms with Crippen LogP contribution in [-0.4, -0.2) is 42.7 Å². The molecule has 8 nitrogen and oxygen atoms in total. The van der Waals surface area contributed by atoms with Gasteiger partial charge in [0.2, 0.25) is 0 Å². The Labute approximate surface area is 178 Å². The van der Waals surface area contributed by atoms with Crippen molar-refractivity contribution in [2.75, 3.05) is 26.1 Å². The van der Waals surface area contributed by atoms with Gasteiger partial charge in [0.25, 0.3) is 0 Å². The molecule has 0 aliphatic carbocycles. The summed E-state index contributed by atoms with van der Waals surface area (Å²) < 4.78 is 15.3. The molecule has 0 radical (unpaired) electrons. The summed E-state index contributed by atoms with van der Waals surface area (Å²) in [5.41, 5.74) is 1.68. The smallest absolute Gasteiger partial charge is 0.348 e. The first kappa shape index (κ1) is 21.5. The number of aromatic nitrogens is 2. The third kappa shape index (κ3) is 4.51. The number of ether oxygens (including phenoxy) is 3.